The van der Waals surface area contributed by atoms with Gasteiger partial charge in [-0.15, -0.1) is 35.3 Å². The Morgan fingerprint density at radius 2 is 2.04 bits per heavy atom. The summed E-state index contributed by atoms with van der Waals surface area (Å²) < 4.78 is 0. The number of benzene rings is 1. The van der Waals surface area contributed by atoms with Gasteiger partial charge in [0.25, 0.3) is 0 Å². The van der Waals surface area contributed by atoms with E-state index in [1.54, 1.807) is 11.3 Å². The smallest absolute Gasteiger partial charge is 0.194 e. The summed E-state index contributed by atoms with van der Waals surface area (Å²) in [5.41, 5.74) is 2.48. The summed E-state index contributed by atoms with van der Waals surface area (Å²) in [6.07, 6.45) is 2.13. The van der Waals surface area contributed by atoms with Gasteiger partial charge in [-0.25, -0.2) is 4.98 Å². The predicted octanol–water partition coefficient (Wildman–Crippen LogP) is 4.10. The summed E-state index contributed by atoms with van der Waals surface area (Å²) >= 11 is 1.69. The summed E-state index contributed by atoms with van der Waals surface area (Å²) in [7, 11) is 2.06. The molecule has 24 heavy (non-hydrogen) atoms. The summed E-state index contributed by atoms with van der Waals surface area (Å²) in [6.45, 7) is 6.63. The van der Waals surface area contributed by atoms with Gasteiger partial charge in [0.1, 0.15) is 0 Å². The topological polar surface area (TPSA) is 40.5 Å². The molecule has 0 radical (unpaired) electrons. The fraction of sp³-hybridized carbons (Fsp3) is 0.444. The molecule has 0 aliphatic heterocycles. The minimum absolute atomic E-state index is 0. The van der Waals surface area contributed by atoms with Gasteiger partial charge in [0.15, 0.2) is 5.96 Å². The van der Waals surface area contributed by atoms with Crippen molar-refractivity contribution in [2.75, 3.05) is 20.1 Å². The second-order valence-electron chi connectivity index (χ2n) is 5.54. The molecular weight excluding hydrogens is 431 g/mol. The fourth-order valence-corrected chi connectivity index (χ4v) is 2.99. The van der Waals surface area contributed by atoms with Crippen LogP contribution in [0.1, 0.15) is 29.6 Å². The molecule has 4 nitrogen and oxygen atoms in total. The Bertz CT molecular complexity index is 612. The number of nitrogens with zero attached hydrogens (tertiary/aromatic N) is 3. The third kappa shape index (κ3) is 7.17. The predicted molar refractivity (Wildman–Crippen MR) is 114 cm³/mol. The molecule has 0 aliphatic rings. The largest absolute Gasteiger partial charge is 0.357 e. The summed E-state index contributed by atoms with van der Waals surface area (Å²) in [6, 6.07) is 10.6. The first-order valence-corrected chi connectivity index (χ1v) is 9.01. The summed E-state index contributed by atoms with van der Waals surface area (Å²) in [4.78, 5) is 11.4. The standard InChI is InChI=1S/C18H26N4S.HI/c1-4-19-18(22(3)13-17-14-23-15(2)21-17)20-12-8-11-16-9-6-5-7-10-16;/h5-7,9-10,14H,4,8,11-13H2,1-3H3,(H,19,20);1H. The zero-order valence-electron chi connectivity index (χ0n) is 14.7. The van der Waals surface area contributed by atoms with E-state index >= 15 is 0 Å². The second-order valence-corrected chi connectivity index (χ2v) is 6.60. The van der Waals surface area contributed by atoms with E-state index < -0.39 is 0 Å². The zero-order valence-corrected chi connectivity index (χ0v) is 17.8. The second kappa shape index (κ2) is 11.4. The molecule has 0 saturated heterocycles. The quantitative estimate of drug-likeness (QED) is 0.294. The van der Waals surface area contributed by atoms with E-state index in [0.717, 1.165) is 49.1 Å². The van der Waals surface area contributed by atoms with Crippen LogP contribution in [0.3, 0.4) is 0 Å². The lowest BCUT2D eigenvalue weighted by molar-refractivity contribution is 0.470. The van der Waals surface area contributed by atoms with Crippen molar-refractivity contribution < 1.29 is 0 Å². The molecule has 1 aromatic heterocycles. The molecule has 0 amide bonds. The lowest BCUT2D eigenvalue weighted by Crippen LogP contribution is -2.38. The minimum Gasteiger partial charge on any atom is -0.357 e. The Morgan fingerprint density at radius 1 is 1.29 bits per heavy atom. The van der Waals surface area contributed by atoms with Crippen LogP contribution in [0.4, 0.5) is 0 Å². The van der Waals surface area contributed by atoms with E-state index in [1.807, 2.05) is 6.92 Å². The van der Waals surface area contributed by atoms with E-state index in [9.17, 15) is 0 Å². The molecule has 1 N–H and O–H groups in total. The summed E-state index contributed by atoms with van der Waals surface area (Å²) in [5, 5.41) is 6.58. The fourth-order valence-electron chi connectivity index (χ4n) is 2.38. The van der Waals surface area contributed by atoms with Gasteiger partial charge in [-0.3, -0.25) is 4.99 Å². The number of thiazole rings is 1. The number of aromatic nitrogens is 1. The third-order valence-corrected chi connectivity index (χ3v) is 4.31. The van der Waals surface area contributed by atoms with Crippen molar-refractivity contribution in [2.24, 2.45) is 4.99 Å². The number of guanidine groups is 1. The molecule has 132 valence electrons. The molecule has 2 rings (SSSR count). The molecule has 0 saturated carbocycles. The molecule has 0 atom stereocenters. The van der Waals surface area contributed by atoms with Crippen LogP contribution in [0, 0.1) is 6.92 Å². The van der Waals surface area contributed by atoms with Gasteiger partial charge < -0.3 is 10.2 Å². The van der Waals surface area contributed by atoms with E-state index in [2.05, 4.69) is 64.9 Å². The Labute approximate surface area is 166 Å². The van der Waals surface area contributed by atoms with Gasteiger partial charge in [-0.1, -0.05) is 30.3 Å². The molecule has 0 unspecified atom stereocenters. The van der Waals surface area contributed by atoms with Crippen molar-refractivity contribution in [3.8, 4) is 0 Å². The molecule has 0 fully saturated rings. The number of nitrogens with one attached hydrogen (secondary N) is 1. The van der Waals surface area contributed by atoms with E-state index in [0.29, 0.717) is 0 Å². The van der Waals surface area contributed by atoms with Gasteiger partial charge in [0, 0.05) is 25.5 Å². The van der Waals surface area contributed by atoms with Crippen molar-refractivity contribution in [1.29, 1.82) is 0 Å². The van der Waals surface area contributed by atoms with Crippen LogP contribution < -0.4 is 5.32 Å². The third-order valence-electron chi connectivity index (χ3n) is 3.49. The van der Waals surface area contributed by atoms with Crippen LogP contribution in [-0.4, -0.2) is 36.0 Å². The van der Waals surface area contributed by atoms with E-state index in [1.165, 1.54) is 5.56 Å². The van der Waals surface area contributed by atoms with Gasteiger partial charge in [0.05, 0.1) is 17.2 Å². The number of aliphatic imine (C=N–C) groups is 1. The normalized spacial score (nSPS) is 11.0. The van der Waals surface area contributed by atoms with Gasteiger partial charge in [-0.05, 0) is 32.3 Å². The Hall–Kier alpha value is -1.15. The number of rotatable bonds is 7. The SMILES string of the molecule is CCNC(=NCCCc1ccccc1)N(C)Cc1csc(C)n1.I. The molecule has 0 bridgehead atoms. The molecular formula is C18H27IN4S. The van der Waals surface area contributed by atoms with Gasteiger partial charge in [-0.2, -0.15) is 0 Å². The number of hydrogen-bond donors (Lipinski definition) is 1. The number of hydrogen-bond acceptors (Lipinski definition) is 3. The zero-order chi connectivity index (χ0) is 16.5. The first-order valence-electron chi connectivity index (χ1n) is 8.13. The van der Waals surface area contributed by atoms with Crippen molar-refractivity contribution in [2.45, 2.75) is 33.2 Å². The van der Waals surface area contributed by atoms with Crippen LogP contribution in [-0.2, 0) is 13.0 Å². The van der Waals surface area contributed by atoms with Crippen molar-refractivity contribution in [3.05, 3.63) is 52.0 Å². The molecule has 0 aliphatic carbocycles. The maximum absolute atomic E-state index is 4.74. The highest BCUT2D eigenvalue weighted by atomic mass is 127. The van der Waals surface area contributed by atoms with Crippen molar-refractivity contribution >= 4 is 41.3 Å². The highest BCUT2D eigenvalue weighted by Crippen LogP contribution is 2.10. The first kappa shape index (κ1) is 20.9. The Balaban J connectivity index is 0.00000288. The first-order chi connectivity index (χ1) is 11.2. The van der Waals surface area contributed by atoms with Crippen LogP contribution in [0.5, 0.6) is 0 Å². The molecule has 2 aromatic rings. The van der Waals surface area contributed by atoms with Crippen molar-refractivity contribution in [3.63, 3.8) is 0 Å². The lowest BCUT2D eigenvalue weighted by atomic mass is 10.1. The Morgan fingerprint density at radius 3 is 2.67 bits per heavy atom. The van der Waals surface area contributed by atoms with E-state index in [4.69, 9.17) is 4.99 Å². The minimum atomic E-state index is 0. The average Bonchev–Trinajstić information content (AvgIpc) is 2.96. The monoisotopic (exact) mass is 458 g/mol. The Kier molecular flexibility index (Phi) is 9.94. The highest BCUT2D eigenvalue weighted by molar-refractivity contribution is 14.0. The molecule has 0 spiro atoms. The van der Waals surface area contributed by atoms with Crippen molar-refractivity contribution in [1.82, 2.24) is 15.2 Å². The lowest BCUT2D eigenvalue weighted by Gasteiger charge is -2.21. The summed E-state index contributed by atoms with van der Waals surface area (Å²) in [5.74, 6) is 0.950. The molecule has 6 heteroatoms. The molecule has 1 heterocycles. The number of halogens is 1. The maximum Gasteiger partial charge on any atom is 0.194 e. The van der Waals surface area contributed by atoms with Gasteiger partial charge >= 0.3 is 0 Å². The van der Waals surface area contributed by atoms with E-state index in [-0.39, 0.29) is 24.0 Å². The number of aryl methyl sites for hydroxylation is 2. The molecule has 1 aromatic carbocycles. The average molecular weight is 458 g/mol. The highest BCUT2D eigenvalue weighted by Gasteiger charge is 2.08. The van der Waals surface area contributed by atoms with Crippen LogP contribution in [0.2, 0.25) is 0 Å². The maximum atomic E-state index is 4.74. The van der Waals surface area contributed by atoms with Crippen LogP contribution in [0.25, 0.3) is 0 Å². The van der Waals surface area contributed by atoms with Crippen LogP contribution in [0.15, 0.2) is 40.7 Å². The van der Waals surface area contributed by atoms with Gasteiger partial charge in [0.2, 0.25) is 0 Å². The van der Waals surface area contributed by atoms with Crippen LogP contribution >= 0.6 is 35.3 Å².